The summed E-state index contributed by atoms with van der Waals surface area (Å²) in [6.07, 6.45) is 2.50. The number of aromatic nitrogens is 2. The Kier molecular flexibility index (Phi) is 8.95. The number of ether oxygens (including phenoxy) is 2. The predicted molar refractivity (Wildman–Crippen MR) is 139 cm³/mol. The summed E-state index contributed by atoms with van der Waals surface area (Å²) in [7, 11) is -0.347. The molecule has 4 rings (SSSR count). The van der Waals surface area contributed by atoms with Crippen LogP contribution in [0.3, 0.4) is 0 Å². The molecule has 0 aliphatic carbocycles. The van der Waals surface area contributed by atoms with Gasteiger partial charge in [-0.2, -0.15) is 0 Å². The minimum Gasteiger partial charge on any atom is -0.493 e. The van der Waals surface area contributed by atoms with Gasteiger partial charge in [-0.1, -0.05) is 0 Å². The van der Waals surface area contributed by atoms with Gasteiger partial charge in [0.05, 0.1) is 24.6 Å². The Morgan fingerprint density at radius 2 is 1.71 bits per heavy atom. The van der Waals surface area contributed by atoms with Gasteiger partial charge in [0.25, 0.3) is 0 Å². The van der Waals surface area contributed by atoms with Crippen LogP contribution in [0.25, 0.3) is 10.9 Å². The number of hydrogen-bond acceptors (Lipinski definition) is 9. The third-order valence-corrected chi connectivity index (χ3v) is 7.40. The molecule has 0 bridgehead atoms. The van der Waals surface area contributed by atoms with E-state index in [1.807, 2.05) is 12.1 Å². The van der Waals surface area contributed by atoms with Crippen molar-refractivity contribution in [2.75, 3.05) is 64.1 Å². The Labute approximate surface area is 211 Å². The molecule has 0 radical (unpaired) electrons. The van der Waals surface area contributed by atoms with Crippen molar-refractivity contribution in [1.82, 2.24) is 19.6 Å². The van der Waals surface area contributed by atoms with Gasteiger partial charge in [0, 0.05) is 49.9 Å². The maximum Gasteiger partial charge on any atom is 0.240 e. The van der Waals surface area contributed by atoms with Crippen LogP contribution in [-0.2, 0) is 10.0 Å². The number of anilines is 2. The standard InChI is InChI=1S/C23H30N6O4S.ClH/c1-32-21-14-19-20(15-22(21)33-2)25-16-26-23(19)29-10-3-9-28(12-13-29)11-8-27-34(30,31)18-6-4-17(24)5-7-18;/h4-7,14-16,27H,3,8-13,24H2,1-2H3;1H. The zero-order valence-electron chi connectivity index (χ0n) is 19.8. The summed E-state index contributed by atoms with van der Waals surface area (Å²) in [6.45, 7) is 4.24. The zero-order chi connectivity index (χ0) is 24.1. The number of rotatable bonds is 8. The van der Waals surface area contributed by atoms with Crippen molar-refractivity contribution in [3.63, 3.8) is 0 Å². The van der Waals surface area contributed by atoms with E-state index in [4.69, 9.17) is 15.2 Å². The van der Waals surface area contributed by atoms with Gasteiger partial charge in [0.2, 0.25) is 10.0 Å². The molecule has 0 amide bonds. The van der Waals surface area contributed by atoms with Gasteiger partial charge in [0.1, 0.15) is 12.1 Å². The van der Waals surface area contributed by atoms with E-state index in [2.05, 4.69) is 24.5 Å². The van der Waals surface area contributed by atoms with Gasteiger partial charge in [-0.25, -0.2) is 23.1 Å². The highest BCUT2D eigenvalue weighted by Gasteiger charge is 2.20. The molecular weight excluding hydrogens is 492 g/mol. The van der Waals surface area contributed by atoms with E-state index in [0.717, 1.165) is 49.3 Å². The highest BCUT2D eigenvalue weighted by molar-refractivity contribution is 7.89. The Morgan fingerprint density at radius 3 is 2.43 bits per heavy atom. The van der Waals surface area contributed by atoms with Crippen molar-refractivity contribution in [2.45, 2.75) is 11.3 Å². The monoisotopic (exact) mass is 522 g/mol. The van der Waals surface area contributed by atoms with Crippen LogP contribution in [0.4, 0.5) is 11.5 Å². The van der Waals surface area contributed by atoms with Crippen LogP contribution in [0.2, 0.25) is 0 Å². The molecular formula is C23H31ClN6O4S. The van der Waals surface area contributed by atoms with E-state index in [0.29, 0.717) is 30.3 Å². The largest absolute Gasteiger partial charge is 0.493 e. The van der Waals surface area contributed by atoms with E-state index < -0.39 is 10.0 Å². The van der Waals surface area contributed by atoms with Crippen molar-refractivity contribution in [1.29, 1.82) is 0 Å². The number of methoxy groups -OCH3 is 2. The molecule has 3 N–H and O–H groups in total. The Hall–Kier alpha value is -2.86. The van der Waals surface area contributed by atoms with Crippen LogP contribution in [-0.4, -0.2) is 76.8 Å². The second-order valence-electron chi connectivity index (χ2n) is 8.07. The number of nitrogens with one attached hydrogen (secondary N) is 1. The Balaban J connectivity index is 0.00000342. The van der Waals surface area contributed by atoms with E-state index in [9.17, 15) is 8.42 Å². The number of benzene rings is 2. The van der Waals surface area contributed by atoms with Crippen molar-refractivity contribution in [3.05, 3.63) is 42.7 Å². The summed E-state index contributed by atoms with van der Waals surface area (Å²) in [5.74, 6) is 2.12. The lowest BCUT2D eigenvalue weighted by Gasteiger charge is -2.24. The number of nitrogens with two attached hydrogens (primary N) is 1. The first-order chi connectivity index (χ1) is 16.4. The fourth-order valence-electron chi connectivity index (χ4n) is 4.10. The SMILES string of the molecule is COc1cc2ncnc(N3CCCN(CCNS(=O)(=O)c4ccc(N)cc4)CC3)c2cc1OC.Cl. The average molecular weight is 523 g/mol. The first-order valence-corrected chi connectivity index (χ1v) is 12.6. The summed E-state index contributed by atoms with van der Waals surface area (Å²) in [4.78, 5) is 13.7. The minimum atomic E-state index is -3.56. The van der Waals surface area contributed by atoms with Crippen molar-refractivity contribution in [2.24, 2.45) is 0 Å². The van der Waals surface area contributed by atoms with Crippen LogP contribution < -0.4 is 24.8 Å². The van der Waals surface area contributed by atoms with Crippen LogP contribution >= 0.6 is 12.4 Å². The summed E-state index contributed by atoms with van der Waals surface area (Å²) in [6, 6.07) is 9.96. The molecule has 2 heterocycles. The molecule has 1 fully saturated rings. The molecule has 2 aromatic carbocycles. The van der Waals surface area contributed by atoms with Crippen LogP contribution in [0.1, 0.15) is 6.42 Å². The van der Waals surface area contributed by atoms with Gasteiger partial charge in [-0.3, -0.25) is 0 Å². The summed E-state index contributed by atoms with van der Waals surface area (Å²) < 4.78 is 38.6. The first kappa shape index (κ1) is 26.7. The molecule has 1 aromatic heterocycles. The Bertz CT molecular complexity index is 1240. The number of sulfonamides is 1. The van der Waals surface area contributed by atoms with Crippen LogP contribution in [0.15, 0.2) is 47.6 Å². The highest BCUT2D eigenvalue weighted by Crippen LogP contribution is 2.34. The van der Waals surface area contributed by atoms with E-state index in [-0.39, 0.29) is 17.3 Å². The lowest BCUT2D eigenvalue weighted by Crippen LogP contribution is -2.37. The molecule has 0 unspecified atom stereocenters. The summed E-state index contributed by atoms with van der Waals surface area (Å²) >= 11 is 0. The van der Waals surface area contributed by atoms with Gasteiger partial charge >= 0.3 is 0 Å². The van der Waals surface area contributed by atoms with Crippen molar-refractivity contribution in [3.8, 4) is 11.5 Å². The van der Waals surface area contributed by atoms with Gasteiger partial charge in [-0.05, 0) is 43.3 Å². The summed E-state index contributed by atoms with van der Waals surface area (Å²) in [5.41, 5.74) is 6.97. The minimum absolute atomic E-state index is 0. The van der Waals surface area contributed by atoms with Crippen LogP contribution in [0.5, 0.6) is 11.5 Å². The normalized spacial score (nSPS) is 14.9. The molecule has 0 saturated carbocycles. The summed E-state index contributed by atoms with van der Waals surface area (Å²) in [5, 5.41) is 0.907. The second-order valence-corrected chi connectivity index (χ2v) is 9.84. The van der Waals surface area contributed by atoms with Crippen molar-refractivity contribution < 1.29 is 17.9 Å². The third kappa shape index (κ3) is 6.23. The molecule has 10 nitrogen and oxygen atoms in total. The van der Waals surface area contributed by atoms with Crippen molar-refractivity contribution >= 4 is 44.8 Å². The van der Waals surface area contributed by atoms with Gasteiger partial charge in [0.15, 0.2) is 11.5 Å². The predicted octanol–water partition coefficient (Wildman–Crippen LogP) is 2.14. The van der Waals surface area contributed by atoms with Gasteiger partial charge in [-0.15, -0.1) is 12.4 Å². The lowest BCUT2D eigenvalue weighted by atomic mass is 10.2. The Morgan fingerprint density at radius 1 is 1.00 bits per heavy atom. The van der Waals surface area contributed by atoms with Crippen LogP contribution in [0, 0.1) is 0 Å². The molecule has 12 heteroatoms. The average Bonchev–Trinajstić information content (AvgIpc) is 3.08. The highest BCUT2D eigenvalue weighted by atomic mass is 35.5. The maximum absolute atomic E-state index is 12.5. The number of hydrogen-bond donors (Lipinski definition) is 2. The molecule has 0 spiro atoms. The number of halogens is 1. The molecule has 0 atom stereocenters. The van der Waals surface area contributed by atoms with E-state index in [1.165, 1.54) is 12.1 Å². The smallest absolute Gasteiger partial charge is 0.240 e. The molecule has 3 aromatic rings. The quantitative estimate of drug-likeness (QED) is 0.428. The number of fused-ring (bicyclic) bond motifs is 1. The number of nitrogens with zero attached hydrogens (tertiary/aromatic N) is 4. The second kappa shape index (κ2) is 11.7. The molecule has 190 valence electrons. The van der Waals surface area contributed by atoms with E-state index >= 15 is 0 Å². The van der Waals surface area contributed by atoms with E-state index in [1.54, 1.807) is 32.7 Å². The molecule has 1 aliphatic heterocycles. The zero-order valence-corrected chi connectivity index (χ0v) is 21.4. The third-order valence-electron chi connectivity index (χ3n) is 5.92. The maximum atomic E-state index is 12.5. The fraction of sp³-hybridized carbons (Fsp3) is 0.391. The van der Waals surface area contributed by atoms with Gasteiger partial charge < -0.3 is 25.0 Å². The molecule has 35 heavy (non-hydrogen) atoms. The topological polar surface area (TPSA) is 123 Å². The lowest BCUT2D eigenvalue weighted by molar-refractivity contribution is 0.298. The number of nitrogen functional groups attached to an aromatic ring is 1. The molecule has 1 aliphatic rings. The molecule has 1 saturated heterocycles. The first-order valence-electron chi connectivity index (χ1n) is 11.1. The fourth-order valence-corrected chi connectivity index (χ4v) is 5.12.